The standard InChI is InChI=1S/C16H22O3/c1-5-10-19-13-8-6-12(7-9-13)14(17)11-15(18)16(2,3)4/h6-9H,5,10-11H2,1-4H3. The van der Waals surface area contributed by atoms with Gasteiger partial charge in [0.15, 0.2) is 5.78 Å². The minimum atomic E-state index is -0.472. The summed E-state index contributed by atoms with van der Waals surface area (Å²) in [5, 5.41) is 0. The smallest absolute Gasteiger partial charge is 0.170 e. The van der Waals surface area contributed by atoms with Crippen molar-refractivity contribution in [2.45, 2.75) is 40.5 Å². The Bertz CT molecular complexity index is 438. The predicted octanol–water partition coefficient (Wildman–Crippen LogP) is 3.66. The summed E-state index contributed by atoms with van der Waals surface area (Å²) in [6.45, 7) is 8.17. The molecule has 3 heteroatoms. The van der Waals surface area contributed by atoms with E-state index in [1.165, 1.54) is 0 Å². The lowest BCUT2D eigenvalue weighted by Crippen LogP contribution is -2.23. The van der Waals surface area contributed by atoms with E-state index in [0.29, 0.717) is 12.2 Å². The zero-order valence-corrected chi connectivity index (χ0v) is 12.2. The van der Waals surface area contributed by atoms with Crippen molar-refractivity contribution in [3.8, 4) is 5.75 Å². The van der Waals surface area contributed by atoms with Crippen LogP contribution in [0.2, 0.25) is 0 Å². The van der Waals surface area contributed by atoms with E-state index in [2.05, 4.69) is 0 Å². The molecule has 0 saturated carbocycles. The van der Waals surface area contributed by atoms with Crippen LogP contribution < -0.4 is 4.74 Å². The third-order valence-corrected chi connectivity index (χ3v) is 2.81. The molecule has 3 nitrogen and oxygen atoms in total. The zero-order valence-electron chi connectivity index (χ0n) is 12.2. The number of carbonyl (C=O) groups excluding carboxylic acids is 2. The molecule has 0 heterocycles. The van der Waals surface area contributed by atoms with E-state index in [0.717, 1.165) is 12.2 Å². The summed E-state index contributed by atoms with van der Waals surface area (Å²) < 4.78 is 5.45. The molecule has 104 valence electrons. The van der Waals surface area contributed by atoms with Crippen LogP contribution in [0.1, 0.15) is 50.9 Å². The first-order valence-corrected chi connectivity index (χ1v) is 6.64. The second kappa shape index (κ2) is 6.50. The zero-order chi connectivity index (χ0) is 14.5. The Morgan fingerprint density at radius 3 is 2.16 bits per heavy atom. The minimum absolute atomic E-state index is 0.0381. The number of ether oxygens (including phenoxy) is 1. The largest absolute Gasteiger partial charge is 0.494 e. The molecule has 0 atom stereocenters. The first kappa shape index (κ1) is 15.4. The summed E-state index contributed by atoms with van der Waals surface area (Å²) in [6, 6.07) is 6.96. The average Bonchev–Trinajstić information content (AvgIpc) is 2.35. The maximum absolute atomic E-state index is 12.0. The highest BCUT2D eigenvalue weighted by Crippen LogP contribution is 2.19. The molecule has 0 saturated heterocycles. The van der Waals surface area contributed by atoms with Gasteiger partial charge in [0.25, 0.3) is 0 Å². The Kier molecular flexibility index (Phi) is 5.28. The van der Waals surface area contributed by atoms with Crippen molar-refractivity contribution in [2.24, 2.45) is 5.41 Å². The van der Waals surface area contributed by atoms with Crippen molar-refractivity contribution < 1.29 is 14.3 Å². The fourth-order valence-corrected chi connectivity index (χ4v) is 1.47. The molecule has 1 aromatic rings. The van der Waals surface area contributed by atoms with Gasteiger partial charge in [0.1, 0.15) is 11.5 Å². The Morgan fingerprint density at radius 2 is 1.68 bits per heavy atom. The Hall–Kier alpha value is -1.64. The summed E-state index contributed by atoms with van der Waals surface area (Å²) in [6.07, 6.45) is 0.902. The van der Waals surface area contributed by atoms with Crippen LogP contribution in [0.15, 0.2) is 24.3 Å². The number of ketones is 2. The number of rotatable bonds is 6. The van der Waals surface area contributed by atoms with Crippen molar-refractivity contribution >= 4 is 11.6 Å². The highest BCUT2D eigenvalue weighted by molar-refractivity contribution is 6.09. The second-order valence-electron chi connectivity index (χ2n) is 5.65. The highest BCUT2D eigenvalue weighted by Gasteiger charge is 2.24. The summed E-state index contributed by atoms with van der Waals surface area (Å²) >= 11 is 0. The van der Waals surface area contributed by atoms with E-state index in [4.69, 9.17) is 4.74 Å². The molecule has 0 fully saturated rings. The number of hydrogen-bond donors (Lipinski definition) is 0. The fraction of sp³-hybridized carbons (Fsp3) is 0.500. The predicted molar refractivity (Wildman–Crippen MR) is 75.6 cm³/mol. The molecule has 0 bridgehead atoms. The van der Waals surface area contributed by atoms with Gasteiger partial charge < -0.3 is 4.74 Å². The van der Waals surface area contributed by atoms with E-state index in [9.17, 15) is 9.59 Å². The van der Waals surface area contributed by atoms with E-state index in [1.807, 2.05) is 27.7 Å². The molecule has 1 rings (SSSR count). The Labute approximate surface area is 115 Å². The van der Waals surface area contributed by atoms with E-state index >= 15 is 0 Å². The van der Waals surface area contributed by atoms with E-state index in [-0.39, 0.29) is 18.0 Å². The van der Waals surface area contributed by atoms with Crippen LogP contribution in [0.5, 0.6) is 5.75 Å². The molecule has 0 aliphatic carbocycles. The molecule has 0 aliphatic rings. The van der Waals surface area contributed by atoms with Crippen molar-refractivity contribution in [2.75, 3.05) is 6.61 Å². The molecule has 0 unspecified atom stereocenters. The van der Waals surface area contributed by atoms with Crippen molar-refractivity contribution in [3.05, 3.63) is 29.8 Å². The van der Waals surface area contributed by atoms with Gasteiger partial charge in [-0.2, -0.15) is 0 Å². The van der Waals surface area contributed by atoms with Gasteiger partial charge in [-0.25, -0.2) is 0 Å². The van der Waals surface area contributed by atoms with Crippen LogP contribution in [-0.2, 0) is 4.79 Å². The molecule has 0 amide bonds. The van der Waals surface area contributed by atoms with Crippen LogP contribution in [-0.4, -0.2) is 18.2 Å². The van der Waals surface area contributed by atoms with Gasteiger partial charge >= 0.3 is 0 Å². The molecule has 0 aromatic heterocycles. The molecular weight excluding hydrogens is 240 g/mol. The van der Waals surface area contributed by atoms with Crippen LogP contribution in [0.3, 0.4) is 0 Å². The van der Waals surface area contributed by atoms with Gasteiger partial charge in [-0.3, -0.25) is 9.59 Å². The van der Waals surface area contributed by atoms with E-state index in [1.54, 1.807) is 24.3 Å². The van der Waals surface area contributed by atoms with Gasteiger partial charge in [-0.05, 0) is 30.7 Å². The van der Waals surface area contributed by atoms with Crippen LogP contribution in [0.25, 0.3) is 0 Å². The minimum Gasteiger partial charge on any atom is -0.494 e. The number of hydrogen-bond acceptors (Lipinski definition) is 3. The molecule has 19 heavy (non-hydrogen) atoms. The van der Waals surface area contributed by atoms with Crippen LogP contribution in [0.4, 0.5) is 0 Å². The molecule has 0 radical (unpaired) electrons. The lowest BCUT2D eigenvalue weighted by atomic mass is 9.87. The lowest BCUT2D eigenvalue weighted by molar-refractivity contribution is -0.125. The third-order valence-electron chi connectivity index (χ3n) is 2.81. The summed E-state index contributed by atoms with van der Waals surface area (Å²) in [5.74, 6) is 0.575. The Balaban J connectivity index is 2.65. The monoisotopic (exact) mass is 262 g/mol. The third kappa shape index (κ3) is 4.86. The van der Waals surface area contributed by atoms with Gasteiger partial charge in [-0.15, -0.1) is 0 Å². The highest BCUT2D eigenvalue weighted by atomic mass is 16.5. The van der Waals surface area contributed by atoms with Crippen LogP contribution >= 0.6 is 0 Å². The Morgan fingerprint density at radius 1 is 1.11 bits per heavy atom. The molecule has 0 spiro atoms. The fourth-order valence-electron chi connectivity index (χ4n) is 1.47. The number of carbonyl (C=O) groups is 2. The molecular formula is C16H22O3. The van der Waals surface area contributed by atoms with E-state index < -0.39 is 5.41 Å². The summed E-state index contributed by atoms with van der Waals surface area (Å²) in [7, 11) is 0. The quantitative estimate of drug-likeness (QED) is 0.580. The molecule has 1 aromatic carbocycles. The SMILES string of the molecule is CCCOc1ccc(C(=O)CC(=O)C(C)(C)C)cc1. The van der Waals surface area contributed by atoms with Crippen molar-refractivity contribution in [3.63, 3.8) is 0 Å². The van der Waals surface area contributed by atoms with Crippen molar-refractivity contribution in [1.82, 2.24) is 0 Å². The summed E-state index contributed by atoms with van der Waals surface area (Å²) in [4.78, 5) is 23.8. The first-order valence-electron chi connectivity index (χ1n) is 6.64. The van der Waals surface area contributed by atoms with Crippen LogP contribution in [0, 0.1) is 5.41 Å². The first-order chi connectivity index (χ1) is 8.84. The lowest BCUT2D eigenvalue weighted by Gasteiger charge is -2.15. The number of benzene rings is 1. The number of Topliss-reactive ketones (excluding diaryl/α,β-unsaturated/α-hetero) is 2. The summed E-state index contributed by atoms with van der Waals surface area (Å²) in [5.41, 5.74) is 0.0845. The molecule has 0 N–H and O–H groups in total. The van der Waals surface area contributed by atoms with Gasteiger partial charge in [0.05, 0.1) is 13.0 Å². The van der Waals surface area contributed by atoms with Gasteiger partial charge in [-0.1, -0.05) is 27.7 Å². The maximum Gasteiger partial charge on any atom is 0.170 e. The topological polar surface area (TPSA) is 43.4 Å². The van der Waals surface area contributed by atoms with Gasteiger partial charge in [0.2, 0.25) is 0 Å². The average molecular weight is 262 g/mol. The van der Waals surface area contributed by atoms with Gasteiger partial charge in [0, 0.05) is 11.0 Å². The second-order valence-corrected chi connectivity index (χ2v) is 5.65. The maximum atomic E-state index is 12.0. The normalized spacial score (nSPS) is 11.2. The van der Waals surface area contributed by atoms with Crippen molar-refractivity contribution in [1.29, 1.82) is 0 Å². The molecule has 0 aliphatic heterocycles.